The SMILES string of the molecule is CC(C)[C@H](N)C(=O)NCC1CCCCCCC1. The summed E-state index contributed by atoms with van der Waals surface area (Å²) in [6, 6.07) is -0.358. The van der Waals surface area contributed by atoms with Crippen LogP contribution in [0.15, 0.2) is 0 Å². The largest absolute Gasteiger partial charge is 0.354 e. The molecule has 17 heavy (non-hydrogen) atoms. The van der Waals surface area contributed by atoms with Crippen LogP contribution in [-0.4, -0.2) is 18.5 Å². The minimum Gasteiger partial charge on any atom is -0.354 e. The van der Waals surface area contributed by atoms with Gasteiger partial charge in [0.2, 0.25) is 5.91 Å². The van der Waals surface area contributed by atoms with E-state index in [9.17, 15) is 4.79 Å². The molecule has 3 N–H and O–H groups in total. The van der Waals surface area contributed by atoms with E-state index in [1.807, 2.05) is 13.8 Å². The van der Waals surface area contributed by atoms with Gasteiger partial charge in [0.05, 0.1) is 6.04 Å². The molecule has 0 aliphatic heterocycles. The summed E-state index contributed by atoms with van der Waals surface area (Å²) in [5.74, 6) is 0.896. The molecule has 0 bridgehead atoms. The summed E-state index contributed by atoms with van der Waals surface area (Å²) in [7, 11) is 0. The number of carbonyl (C=O) groups is 1. The normalized spacial score (nSPS) is 20.7. The quantitative estimate of drug-likeness (QED) is 0.793. The summed E-state index contributed by atoms with van der Waals surface area (Å²) in [6.07, 6.45) is 9.26. The lowest BCUT2D eigenvalue weighted by Gasteiger charge is -2.22. The highest BCUT2D eigenvalue weighted by atomic mass is 16.2. The van der Waals surface area contributed by atoms with Gasteiger partial charge < -0.3 is 11.1 Å². The third kappa shape index (κ3) is 5.53. The summed E-state index contributed by atoms with van der Waals surface area (Å²) >= 11 is 0. The van der Waals surface area contributed by atoms with E-state index in [4.69, 9.17) is 5.73 Å². The van der Waals surface area contributed by atoms with Crippen molar-refractivity contribution in [1.29, 1.82) is 0 Å². The molecule has 1 rings (SSSR count). The fourth-order valence-electron chi connectivity index (χ4n) is 2.41. The van der Waals surface area contributed by atoms with Gasteiger partial charge in [-0.3, -0.25) is 4.79 Å². The van der Waals surface area contributed by atoms with E-state index in [0.29, 0.717) is 5.92 Å². The van der Waals surface area contributed by atoms with Gasteiger partial charge in [-0.05, 0) is 24.7 Å². The second kappa shape index (κ2) is 7.70. The van der Waals surface area contributed by atoms with Crippen LogP contribution in [0.2, 0.25) is 0 Å². The molecule has 0 unspecified atom stereocenters. The Morgan fingerprint density at radius 1 is 1.18 bits per heavy atom. The average molecular weight is 240 g/mol. The molecule has 0 saturated heterocycles. The predicted octanol–water partition coefficient (Wildman–Crippen LogP) is 2.45. The van der Waals surface area contributed by atoms with Crippen molar-refractivity contribution in [1.82, 2.24) is 5.32 Å². The van der Waals surface area contributed by atoms with Gasteiger partial charge in [0.25, 0.3) is 0 Å². The third-order valence-corrected chi connectivity index (χ3v) is 3.81. The van der Waals surface area contributed by atoms with Crippen molar-refractivity contribution in [2.45, 2.75) is 64.8 Å². The Labute approximate surface area is 106 Å². The summed E-state index contributed by atoms with van der Waals surface area (Å²) < 4.78 is 0. The molecule has 0 radical (unpaired) electrons. The van der Waals surface area contributed by atoms with E-state index in [1.165, 1.54) is 44.9 Å². The van der Waals surface area contributed by atoms with Gasteiger partial charge in [-0.1, -0.05) is 46.0 Å². The number of hydrogen-bond acceptors (Lipinski definition) is 2. The minimum absolute atomic E-state index is 0.0158. The van der Waals surface area contributed by atoms with Crippen LogP contribution >= 0.6 is 0 Å². The van der Waals surface area contributed by atoms with E-state index in [0.717, 1.165) is 6.54 Å². The van der Waals surface area contributed by atoms with E-state index in [2.05, 4.69) is 5.32 Å². The fraction of sp³-hybridized carbons (Fsp3) is 0.929. The molecule has 0 aromatic rings. The van der Waals surface area contributed by atoms with Crippen molar-refractivity contribution in [2.24, 2.45) is 17.6 Å². The Hall–Kier alpha value is -0.570. The molecule has 0 aromatic carbocycles. The Morgan fingerprint density at radius 2 is 1.71 bits per heavy atom. The van der Waals surface area contributed by atoms with Crippen molar-refractivity contribution in [3.8, 4) is 0 Å². The molecule has 1 fully saturated rings. The molecule has 100 valence electrons. The average Bonchev–Trinajstić information content (AvgIpc) is 2.26. The van der Waals surface area contributed by atoms with Gasteiger partial charge in [-0.2, -0.15) is 0 Å². The monoisotopic (exact) mass is 240 g/mol. The molecule has 1 atom stereocenters. The third-order valence-electron chi connectivity index (χ3n) is 3.81. The first-order valence-electron chi connectivity index (χ1n) is 7.14. The first-order chi connectivity index (χ1) is 8.11. The number of carbonyl (C=O) groups excluding carboxylic acids is 1. The van der Waals surface area contributed by atoms with Crippen LogP contribution in [0.4, 0.5) is 0 Å². The van der Waals surface area contributed by atoms with Gasteiger partial charge in [0, 0.05) is 6.54 Å². The number of nitrogens with two attached hydrogens (primary N) is 1. The lowest BCUT2D eigenvalue weighted by atomic mass is 9.91. The maximum atomic E-state index is 11.7. The Bertz CT molecular complexity index is 220. The molecule has 3 nitrogen and oxygen atoms in total. The van der Waals surface area contributed by atoms with E-state index < -0.39 is 0 Å². The lowest BCUT2D eigenvalue weighted by molar-refractivity contribution is -0.123. The van der Waals surface area contributed by atoms with Crippen LogP contribution in [0, 0.1) is 11.8 Å². The molecule has 1 saturated carbocycles. The first-order valence-corrected chi connectivity index (χ1v) is 7.14. The predicted molar refractivity (Wildman–Crippen MR) is 71.6 cm³/mol. The van der Waals surface area contributed by atoms with E-state index in [-0.39, 0.29) is 17.9 Å². The molecule has 1 aliphatic rings. The molecule has 3 heteroatoms. The highest BCUT2D eigenvalue weighted by Gasteiger charge is 2.18. The van der Waals surface area contributed by atoms with Crippen LogP contribution < -0.4 is 11.1 Å². The zero-order chi connectivity index (χ0) is 12.7. The number of amides is 1. The number of hydrogen-bond donors (Lipinski definition) is 2. The van der Waals surface area contributed by atoms with Gasteiger partial charge in [-0.15, -0.1) is 0 Å². The summed E-state index contributed by atoms with van der Waals surface area (Å²) in [5.41, 5.74) is 5.82. The van der Waals surface area contributed by atoms with Crippen molar-refractivity contribution >= 4 is 5.91 Å². The highest BCUT2D eigenvalue weighted by Crippen LogP contribution is 2.21. The van der Waals surface area contributed by atoms with Gasteiger partial charge in [-0.25, -0.2) is 0 Å². The van der Waals surface area contributed by atoms with Crippen molar-refractivity contribution in [3.05, 3.63) is 0 Å². The Balaban J connectivity index is 2.25. The van der Waals surface area contributed by atoms with Gasteiger partial charge in [0.1, 0.15) is 0 Å². The van der Waals surface area contributed by atoms with Crippen molar-refractivity contribution in [2.75, 3.05) is 6.54 Å². The molecule has 1 amide bonds. The number of nitrogens with one attached hydrogen (secondary N) is 1. The molecule has 1 aliphatic carbocycles. The van der Waals surface area contributed by atoms with Crippen LogP contribution in [0.25, 0.3) is 0 Å². The number of rotatable bonds is 4. The second-order valence-corrected chi connectivity index (χ2v) is 5.73. The minimum atomic E-state index is -0.358. The van der Waals surface area contributed by atoms with Crippen molar-refractivity contribution in [3.63, 3.8) is 0 Å². The maximum Gasteiger partial charge on any atom is 0.237 e. The molecular weight excluding hydrogens is 212 g/mol. The zero-order valence-corrected chi connectivity index (χ0v) is 11.4. The van der Waals surface area contributed by atoms with Crippen LogP contribution in [0.5, 0.6) is 0 Å². The Kier molecular flexibility index (Phi) is 6.56. The molecule has 0 aromatic heterocycles. The molecule has 0 heterocycles. The lowest BCUT2D eigenvalue weighted by Crippen LogP contribution is -2.45. The van der Waals surface area contributed by atoms with Gasteiger partial charge in [0.15, 0.2) is 0 Å². The smallest absolute Gasteiger partial charge is 0.237 e. The standard InChI is InChI=1S/C14H28N2O/c1-11(2)13(15)14(17)16-10-12-8-6-4-3-5-7-9-12/h11-13H,3-10,15H2,1-2H3,(H,16,17)/t13-/m0/s1. The summed E-state index contributed by atoms with van der Waals surface area (Å²) in [5, 5.41) is 3.02. The Morgan fingerprint density at radius 3 is 2.24 bits per heavy atom. The first kappa shape index (κ1) is 14.5. The van der Waals surface area contributed by atoms with Gasteiger partial charge >= 0.3 is 0 Å². The van der Waals surface area contributed by atoms with Crippen molar-refractivity contribution < 1.29 is 4.79 Å². The maximum absolute atomic E-state index is 11.7. The van der Waals surface area contributed by atoms with Crippen LogP contribution in [0.3, 0.4) is 0 Å². The topological polar surface area (TPSA) is 55.1 Å². The van der Waals surface area contributed by atoms with E-state index >= 15 is 0 Å². The van der Waals surface area contributed by atoms with Crippen LogP contribution in [-0.2, 0) is 4.79 Å². The zero-order valence-electron chi connectivity index (χ0n) is 11.4. The second-order valence-electron chi connectivity index (χ2n) is 5.73. The summed E-state index contributed by atoms with van der Waals surface area (Å²) in [4.78, 5) is 11.7. The molecular formula is C14H28N2O. The highest BCUT2D eigenvalue weighted by molar-refractivity contribution is 5.81. The van der Waals surface area contributed by atoms with E-state index in [1.54, 1.807) is 0 Å². The fourth-order valence-corrected chi connectivity index (χ4v) is 2.41. The summed E-state index contributed by atoms with van der Waals surface area (Å²) in [6.45, 7) is 4.79. The van der Waals surface area contributed by atoms with Crippen LogP contribution in [0.1, 0.15) is 58.8 Å². The molecule has 0 spiro atoms.